The Labute approximate surface area is 152 Å². The van der Waals surface area contributed by atoms with E-state index in [0.29, 0.717) is 29.9 Å². The summed E-state index contributed by atoms with van der Waals surface area (Å²) in [5.74, 6) is -0.449. The van der Waals surface area contributed by atoms with E-state index in [4.69, 9.17) is 4.74 Å². The number of Topliss-reactive ketones (excluding diaryl/α,β-unsaturated/α-hetero) is 1. The highest BCUT2D eigenvalue weighted by Gasteiger charge is 2.24. The zero-order valence-electron chi connectivity index (χ0n) is 15.0. The number of nitrogens with one attached hydrogen (secondary N) is 1. The molecule has 1 N–H and O–H groups in total. The van der Waals surface area contributed by atoms with Crippen LogP contribution in [0, 0.1) is 0 Å². The van der Waals surface area contributed by atoms with Gasteiger partial charge in [0, 0.05) is 25.3 Å². The van der Waals surface area contributed by atoms with Gasteiger partial charge in [-0.25, -0.2) is 0 Å². The van der Waals surface area contributed by atoms with Crippen molar-refractivity contribution in [2.75, 3.05) is 13.6 Å². The van der Waals surface area contributed by atoms with Crippen LogP contribution in [0.3, 0.4) is 0 Å². The quantitative estimate of drug-likeness (QED) is 0.521. The van der Waals surface area contributed by atoms with Gasteiger partial charge in [0.15, 0.2) is 0 Å². The van der Waals surface area contributed by atoms with Gasteiger partial charge in [-0.1, -0.05) is 43.3 Å². The number of hydrogen-bond acceptors (Lipinski definition) is 3. The van der Waals surface area contributed by atoms with E-state index in [1.54, 1.807) is 13.2 Å². The lowest BCUT2D eigenvalue weighted by Crippen LogP contribution is -2.33. The summed E-state index contributed by atoms with van der Waals surface area (Å²) < 4.78 is 5.95. The molecule has 1 amide bonds. The molecule has 0 radical (unpaired) electrons. The molecular weight excluding hydrogens is 328 g/mol. The van der Waals surface area contributed by atoms with Gasteiger partial charge in [-0.15, -0.1) is 0 Å². The third-order valence-corrected chi connectivity index (χ3v) is 4.25. The Hall–Kier alpha value is -3.08. The van der Waals surface area contributed by atoms with Crippen molar-refractivity contribution in [2.24, 2.45) is 0 Å². The summed E-state index contributed by atoms with van der Waals surface area (Å²) in [5, 5.41) is 0.645. The zero-order chi connectivity index (χ0) is 18.5. The first kappa shape index (κ1) is 17.7. The van der Waals surface area contributed by atoms with Gasteiger partial charge in [0.2, 0.25) is 0 Å². The molecule has 3 aromatic rings. The molecule has 3 rings (SSSR count). The first-order chi connectivity index (χ1) is 12.6. The van der Waals surface area contributed by atoms with Crippen molar-refractivity contribution in [3.05, 3.63) is 65.9 Å². The number of ether oxygens (including phenoxy) is 1. The second-order valence-electron chi connectivity index (χ2n) is 6.21. The van der Waals surface area contributed by atoms with Gasteiger partial charge in [-0.2, -0.15) is 0 Å². The third kappa shape index (κ3) is 3.61. The highest BCUT2D eigenvalue weighted by Crippen LogP contribution is 2.30. The van der Waals surface area contributed by atoms with E-state index in [9.17, 15) is 9.59 Å². The van der Waals surface area contributed by atoms with Gasteiger partial charge in [-0.05, 0) is 24.1 Å². The molecule has 0 fully saturated rings. The van der Waals surface area contributed by atoms with Crippen molar-refractivity contribution in [2.45, 2.75) is 20.0 Å². The molecule has 0 bridgehead atoms. The Morgan fingerprint density at radius 3 is 2.58 bits per heavy atom. The van der Waals surface area contributed by atoms with E-state index in [1.807, 2.05) is 55.5 Å². The van der Waals surface area contributed by atoms with E-state index in [2.05, 4.69) is 4.98 Å². The Balaban J connectivity index is 1.90. The molecule has 2 aromatic carbocycles. The van der Waals surface area contributed by atoms with Gasteiger partial charge < -0.3 is 14.6 Å². The smallest absolute Gasteiger partial charge is 0.294 e. The van der Waals surface area contributed by atoms with Crippen molar-refractivity contribution in [1.82, 2.24) is 9.88 Å². The van der Waals surface area contributed by atoms with E-state index in [1.165, 1.54) is 4.90 Å². The second kappa shape index (κ2) is 7.87. The molecule has 26 heavy (non-hydrogen) atoms. The number of likely N-dealkylation sites (N-methyl/N-ethyl adjacent to an activating group) is 1. The minimum atomic E-state index is -0.525. The first-order valence-electron chi connectivity index (χ1n) is 8.68. The van der Waals surface area contributed by atoms with Crippen LogP contribution in [0.1, 0.15) is 29.3 Å². The van der Waals surface area contributed by atoms with Crippen molar-refractivity contribution < 1.29 is 14.3 Å². The molecule has 0 spiro atoms. The molecule has 1 aromatic heterocycles. The molecule has 0 atom stereocenters. The molecule has 5 nitrogen and oxygen atoms in total. The van der Waals surface area contributed by atoms with E-state index >= 15 is 0 Å². The summed E-state index contributed by atoms with van der Waals surface area (Å²) >= 11 is 0. The van der Waals surface area contributed by atoms with Crippen molar-refractivity contribution >= 4 is 22.6 Å². The van der Waals surface area contributed by atoms with Crippen LogP contribution < -0.4 is 4.74 Å². The average Bonchev–Trinajstić information content (AvgIpc) is 3.11. The lowest BCUT2D eigenvalue weighted by atomic mass is 10.1. The monoisotopic (exact) mass is 350 g/mol. The predicted molar refractivity (Wildman–Crippen MR) is 101 cm³/mol. The van der Waals surface area contributed by atoms with Crippen LogP contribution in [-0.2, 0) is 11.4 Å². The molecule has 0 aliphatic carbocycles. The van der Waals surface area contributed by atoms with Gasteiger partial charge in [0.1, 0.15) is 12.4 Å². The predicted octanol–water partition coefficient (Wildman–Crippen LogP) is 3.80. The maximum atomic E-state index is 12.7. The molecule has 0 saturated carbocycles. The maximum absolute atomic E-state index is 12.7. The largest absolute Gasteiger partial charge is 0.488 e. The SMILES string of the molecule is CCCN(C)C(=O)C(=O)c1c[nH]c2cccc(OCc3ccccc3)c12. The summed E-state index contributed by atoms with van der Waals surface area (Å²) in [6, 6.07) is 15.3. The molecule has 134 valence electrons. The number of aromatic amines is 1. The fraction of sp³-hybridized carbons (Fsp3) is 0.238. The number of amides is 1. The fourth-order valence-electron chi connectivity index (χ4n) is 2.91. The topological polar surface area (TPSA) is 62.4 Å². The average molecular weight is 350 g/mol. The number of ketones is 1. The second-order valence-corrected chi connectivity index (χ2v) is 6.21. The standard InChI is InChI=1S/C21H22N2O3/c1-3-12-23(2)21(25)20(24)16-13-22-17-10-7-11-18(19(16)17)26-14-15-8-5-4-6-9-15/h4-11,13,22H,3,12,14H2,1-2H3. The Bertz CT molecular complexity index is 915. The summed E-state index contributed by atoms with van der Waals surface area (Å²) in [6.07, 6.45) is 2.38. The van der Waals surface area contributed by atoms with Crippen LogP contribution >= 0.6 is 0 Å². The van der Waals surface area contributed by atoms with Crippen LogP contribution in [0.5, 0.6) is 5.75 Å². The lowest BCUT2D eigenvalue weighted by Gasteiger charge is -2.15. The number of aromatic nitrogens is 1. The number of carbonyl (C=O) groups is 2. The Morgan fingerprint density at radius 2 is 1.85 bits per heavy atom. The van der Waals surface area contributed by atoms with Crippen LogP contribution in [0.15, 0.2) is 54.7 Å². The van der Waals surface area contributed by atoms with Gasteiger partial charge in [0.05, 0.1) is 10.9 Å². The molecule has 0 unspecified atom stereocenters. The van der Waals surface area contributed by atoms with Crippen LogP contribution in [0.4, 0.5) is 0 Å². The molecular formula is C21H22N2O3. The minimum absolute atomic E-state index is 0.344. The van der Waals surface area contributed by atoms with Gasteiger partial charge in [0.25, 0.3) is 11.7 Å². The molecule has 5 heteroatoms. The number of hydrogen-bond donors (Lipinski definition) is 1. The normalized spacial score (nSPS) is 10.7. The van der Waals surface area contributed by atoms with E-state index in [-0.39, 0.29) is 0 Å². The minimum Gasteiger partial charge on any atom is -0.488 e. The molecule has 0 saturated heterocycles. The van der Waals surface area contributed by atoms with Crippen LogP contribution in [0.25, 0.3) is 10.9 Å². The summed E-state index contributed by atoms with van der Waals surface area (Å²) in [4.78, 5) is 29.6. The summed E-state index contributed by atoms with van der Waals surface area (Å²) in [6.45, 7) is 2.90. The number of fused-ring (bicyclic) bond motifs is 1. The van der Waals surface area contributed by atoms with Crippen molar-refractivity contribution in [1.29, 1.82) is 0 Å². The number of rotatable bonds is 7. The molecule has 1 heterocycles. The number of H-pyrrole nitrogens is 1. The third-order valence-electron chi connectivity index (χ3n) is 4.25. The van der Waals surface area contributed by atoms with E-state index in [0.717, 1.165) is 17.5 Å². The fourth-order valence-corrected chi connectivity index (χ4v) is 2.91. The van der Waals surface area contributed by atoms with Crippen LogP contribution in [0.2, 0.25) is 0 Å². The number of carbonyl (C=O) groups excluding carboxylic acids is 2. The van der Waals surface area contributed by atoms with Gasteiger partial charge in [-0.3, -0.25) is 9.59 Å². The van der Waals surface area contributed by atoms with Crippen molar-refractivity contribution in [3.63, 3.8) is 0 Å². The highest BCUT2D eigenvalue weighted by molar-refractivity contribution is 6.45. The Morgan fingerprint density at radius 1 is 1.08 bits per heavy atom. The van der Waals surface area contributed by atoms with Gasteiger partial charge >= 0.3 is 0 Å². The van der Waals surface area contributed by atoms with Crippen LogP contribution in [-0.4, -0.2) is 35.2 Å². The highest BCUT2D eigenvalue weighted by atomic mass is 16.5. The lowest BCUT2D eigenvalue weighted by molar-refractivity contribution is -0.125. The number of benzene rings is 2. The summed E-state index contributed by atoms with van der Waals surface area (Å²) in [7, 11) is 1.64. The maximum Gasteiger partial charge on any atom is 0.294 e. The van der Waals surface area contributed by atoms with E-state index < -0.39 is 11.7 Å². The summed E-state index contributed by atoms with van der Waals surface area (Å²) in [5.41, 5.74) is 2.15. The van der Waals surface area contributed by atoms with Crippen molar-refractivity contribution in [3.8, 4) is 5.75 Å². The Kier molecular flexibility index (Phi) is 5.37. The molecule has 0 aliphatic rings. The zero-order valence-corrected chi connectivity index (χ0v) is 15.0. The number of nitrogens with zero attached hydrogens (tertiary/aromatic N) is 1. The first-order valence-corrected chi connectivity index (χ1v) is 8.68. The molecule has 0 aliphatic heterocycles.